The molecule has 0 aliphatic carbocycles. The molecule has 4 heterocycles. The second-order valence-electron chi connectivity index (χ2n) is 9.99. The highest BCUT2D eigenvalue weighted by atomic mass is 19.4. The maximum absolute atomic E-state index is 10.6. The summed E-state index contributed by atoms with van der Waals surface area (Å²) in [4.78, 5) is 27.2. The number of nitrogens with zero attached hydrogens (tertiary/aromatic N) is 6. The molecular weight excluding hydrogens is 590 g/mol. The number of benzene rings is 1. The van der Waals surface area contributed by atoms with Gasteiger partial charge < -0.3 is 20.2 Å². The van der Waals surface area contributed by atoms with Gasteiger partial charge in [-0.2, -0.15) is 26.3 Å². The number of alkyl halides is 6. The first-order valence-electron chi connectivity index (χ1n) is 13.1. The van der Waals surface area contributed by atoms with Crippen LogP contribution in [0.4, 0.5) is 32.0 Å². The molecule has 2 fully saturated rings. The number of fused-ring (bicyclic) bond motifs is 1. The van der Waals surface area contributed by atoms with E-state index in [0.717, 1.165) is 68.9 Å². The van der Waals surface area contributed by atoms with Crippen LogP contribution >= 0.6 is 0 Å². The molecule has 2 aliphatic rings. The van der Waals surface area contributed by atoms with Gasteiger partial charge in [0.15, 0.2) is 0 Å². The zero-order valence-electron chi connectivity index (χ0n) is 22.9. The highest BCUT2D eigenvalue weighted by molar-refractivity contribution is 5.92. The Morgan fingerprint density at radius 3 is 2.07 bits per heavy atom. The number of piperidine rings is 1. The van der Waals surface area contributed by atoms with Gasteiger partial charge in [0.1, 0.15) is 0 Å². The SMILES string of the molecule is Cc1cc(N2CCC(n3cc(CN4CC[C@H](O)C4)nn3)CC2)c2ccccc2n1.O=C(O)C(F)(F)F.O=C(O)C(F)(F)F. The number of pyridine rings is 1. The minimum Gasteiger partial charge on any atom is -0.475 e. The summed E-state index contributed by atoms with van der Waals surface area (Å²) < 4.78 is 65.5. The third kappa shape index (κ3) is 9.77. The standard InChI is InChI=1S/C22H28N6O.2C2HF3O2/c1-16-12-22(20-4-2-3-5-21(20)23-16)27-10-6-18(7-11-27)28-14-17(24-25-28)13-26-9-8-19(29)15-26;2*3-2(4,5)1(6)7/h2-5,12,14,18-19,29H,6-11,13,15H2,1H3;2*(H,6,7)/t19-;;/m0../s1. The van der Waals surface area contributed by atoms with Crippen LogP contribution in [0.3, 0.4) is 0 Å². The second kappa shape index (κ2) is 14.0. The summed E-state index contributed by atoms with van der Waals surface area (Å²) in [7, 11) is 0. The minimum absolute atomic E-state index is 0.192. The fourth-order valence-electron chi connectivity index (χ4n) is 4.67. The largest absolute Gasteiger partial charge is 0.490 e. The van der Waals surface area contributed by atoms with E-state index in [1.165, 1.54) is 11.1 Å². The summed E-state index contributed by atoms with van der Waals surface area (Å²) in [5, 5.41) is 34.0. The van der Waals surface area contributed by atoms with E-state index in [2.05, 4.69) is 73.2 Å². The molecule has 5 rings (SSSR count). The molecule has 2 aromatic heterocycles. The molecule has 2 saturated heterocycles. The Morgan fingerprint density at radius 1 is 0.953 bits per heavy atom. The third-order valence-electron chi connectivity index (χ3n) is 6.68. The number of aliphatic hydroxyl groups excluding tert-OH is 1. The van der Waals surface area contributed by atoms with Gasteiger partial charge in [0.25, 0.3) is 0 Å². The average Bonchev–Trinajstić information content (AvgIpc) is 3.56. The van der Waals surface area contributed by atoms with Crippen molar-refractivity contribution in [3.8, 4) is 0 Å². The van der Waals surface area contributed by atoms with Gasteiger partial charge in [0, 0.05) is 49.5 Å². The van der Waals surface area contributed by atoms with Gasteiger partial charge in [0.05, 0.1) is 29.6 Å². The number of hydrogen-bond donors (Lipinski definition) is 3. The van der Waals surface area contributed by atoms with Crippen LogP contribution in [-0.2, 0) is 16.1 Å². The van der Waals surface area contributed by atoms with E-state index in [1.807, 2.05) is 0 Å². The number of rotatable bonds is 4. The Kier molecular flexibility index (Phi) is 10.9. The Labute approximate surface area is 241 Å². The smallest absolute Gasteiger partial charge is 0.475 e. The number of anilines is 1. The Morgan fingerprint density at radius 2 is 1.53 bits per heavy atom. The average molecular weight is 621 g/mol. The lowest BCUT2D eigenvalue weighted by Crippen LogP contribution is -2.35. The van der Waals surface area contributed by atoms with Gasteiger partial charge in [-0.3, -0.25) is 9.88 Å². The van der Waals surface area contributed by atoms with Crippen molar-refractivity contribution in [3.05, 3.63) is 47.9 Å². The molecule has 0 radical (unpaired) electrons. The lowest BCUT2D eigenvalue weighted by molar-refractivity contribution is -0.193. The number of aryl methyl sites for hydroxylation is 1. The van der Waals surface area contributed by atoms with Crippen LogP contribution in [0.1, 0.15) is 36.7 Å². The van der Waals surface area contributed by atoms with Crippen molar-refractivity contribution < 1.29 is 51.3 Å². The van der Waals surface area contributed by atoms with E-state index < -0.39 is 24.3 Å². The van der Waals surface area contributed by atoms with Crippen LogP contribution in [0, 0.1) is 6.92 Å². The monoisotopic (exact) mass is 620 g/mol. The van der Waals surface area contributed by atoms with Crippen LogP contribution in [0.2, 0.25) is 0 Å². The molecular formula is C26H30F6N6O5. The summed E-state index contributed by atoms with van der Waals surface area (Å²) in [5.41, 5.74) is 4.42. The summed E-state index contributed by atoms with van der Waals surface area (Å²) in [6, 6.07) is 11.0. The van der Waals surface area contributed by atoms with Gasteiger partial charge in [-0.15, -0.1) is 5.10 Å². The summed E-state index contributed by atoms with van der Waals surface area (Å²) in [6.07, 6.45) is -5.29. The van der Waals surface area contributed by atoms with Crippen molar-refractivity contribution in [2.45, 2.75) is 57.2 Å². The van der Waals surface area contributed by atoms with Crippen molar-refractivity contribution >= 4 is 28.5 Å². The quantitative estimate of drug-likeness (QED) is 0.368. The number of hydrogen-bond acceptors (Lipinski definition) is 8. The zero-order chi connectivity index (χ0) is 31.9. The molecule has 11 nitrogen and oxygen atoms in total. The number of para-hydroxylation sites is 1. The molecule has 17 heteroatoms. The fraction of sp³-hybridized carbons (Fsp3) is 0.500. The number of likely N-dealkylation sites (tertiary alicyclic amines) is 1. The molecule has 0 saturated carbocycles. The van der Waals surface area contributed by atoms with E-state index in [0.29, 0.717) is 6.04 Å². The molecule has 43 heavy (non-hydrogen) atoms. The molecule has 3 N–H and O–H groups in total. The number of β-amino-alcohol motifs (C(OH)–C–C–N with tert-alkyl or cyclic N) is 1. The molecule has 1 aromatic carbocycles. The molecule has 3 aromatic rings. The van der Waals surface area contributed by atoms with E-state index in [1.54, 1.807) is 0 Å². The molecule has 2 aliphatic heterocycles. The number of carbonyl (C=O) groups is 2. The Balaban J connectivity index is 0.000000303. The van der Waals surface area contributed by atoms with Gasteiger partial charge >= 0.3 is 24.3 Å². The van der Waals surface area contributed by atoms with E-state index in [4.69, 9.17) is 19.8 Å². The molecule has 0 bridgehead atoms. The zero-order valence-corrected chi connectivity index (χ0v) is 22.9. The predicted octanol–water partition coefficient (Wildman–Crippen LogP) is 3.81. The predicted molar refractivity (Wildman–Crippen MR) is 140 cm³/mol. The first kappa shape index (κ1) is 33.5. The van der Waals surface area contributed by atoms with E-state index in [-0.39, 0.29) is 6.10 Å². The van der Waals surface area contributed by atoms with Gasteiger partial charge in [-0.1, -0.05) is 23.4 Å². The number of carboxylic acid groups (broad SMARTS) is 2. The van der Waals surface area contributed by atoms with Crippen LogP contribution in [0.15, 0.2) is 36.5 Å². The van der Waals surface area contributed by atoms with E-state index in [9.17, 15) is 31.4 Å². The minimum atomic E-state index is -5.08. The lowest BCUT2D eigenvalue weighted by atomic mass is 10.0. The van der Waals surface area contributed by atoms with Gasteiger partial charge in [-0.25, -0.2) is 14.3 Å². The maximum Gasteiger partial charge on any atom is 0.490 e. The van der Waals surface area contributed by atoms with Crippen LogP contribution in [-0.4, -0.2) is 96.8 Å². The Bertz CT molecular complexity index is 1370. The maximum atomic E-state index is 10.6. The fourth-order valence-corrected chi connectivity index (χ4v) is 4.67. The second-order valence-corrected chi connectivity index (χ2v) is 9.99. The highest BCUT2D eigenvalue weighted by Crippen LogP contribution is 2.31. The van der Waals surface area contributed by atoms with Gasteiger partial charge in [0.2, 0.25) is 0 Å². The number of aliphatic carboxylic acids is 2. The number of halogens is 6. The summed E-state index contributed by atoms with van der Waals surface area (Å²) >= 11 is 0. The van der Waals surface area contributed by atoms with Crippen molar-refractivity contribution in [3.63, 3.8) is 0 Å². The van der Waals surface area contributed by atoms with Crippen LogP contribution in [0.25, 0.3) is 10.9 Å². The lowest BCUT2D eigenvalue weighted by Gasteiger charge is -2.34. The third-order valence-corrected chi connectivity index (χ3v) is 6.68. The normalized spacial score (nSPS) is 18.0. The van der Waals surface area contributed by atoms with Crippen molar-refractivity contribution in [1.29, 1.82) is 0 Å². The molecule has 0 amide bonds. The molecule has 0 unspecified atom stereocenters. The van der Waals surface area contributed by atoms with Crippen molar-refractivity contribution in [2.75, 3.05) is 31.1 Å². The number of carboxylic acids is 2. The first-order valence-corrected chi connectivity index (χ1v) is 13.1. The molecule has 1 atom stereocenters. The van der Waals surface area contributed by atoms with Crippen LogP contribution in [0.5, 0.6) is 0 Å². The Hall–Kier alpha value is -3.99. The van der Waals surface area contributed by atoms with Crippen molar-refractivity contribution in [1.82, 2.24) is 24.9 Å². The van der Waals surface area contributed by atoms with Gasteiger partial charge in [-0.05, 0) is 38.3 Å². The number of aliphatic hydroxyl groups is 1. The van der Waals surface area contributed by atoms with Crippen LogP contribution < -0.4 is 4.90 Å². The van der Waals surface area contributed by atoms with E-state index >= 15 is 0 Å². The summed E-state index contributed by atoms with van der Waals surface area (Å²) in [6.45, 7) is 6.53. The topological polar surface area (TPSA) is 145 Å². The summed E-state index contributed by atoms with van der Waals surface area (Å²) in [5.74, 6) is -5.51. The highest BCUT2D eigenvalue weighted by Gasteiger charge is 2.39. The van der Waals surface area contributed by atoms with Crippen molar-refractivity contribution in [2.24, 2.45) is 0 Å². The first-order chi connectivity index (χ1) is 20.0. The molecule has 0 spiro atoms. The number of aromatic nitrogens is 4. The molecule has 236 valence electrons.